The Kier molecular flexibility index (Phi) is 3.34. The zero-order valence-electron chi connectivity index (χ0n) is 10.7. The number of carbonyl (C=O) groups excluding carboxylic acids is 1. The fourth-order valence-electron chi connectivity index (χ4n) is 2.18. The molecule has 1 heterocycles. The molecular formula is C15H13F2NO2. The van der Waals surface area contributed by atoms with Crippen molar-refractivity contribution in [3.63, 3.8) is 0 Å². The number of benzene rings is 1. The summed E-state index contributed by atoms with van der Waals surface area (Å²) in [5.74, 6) is -0.724. The lowest BCUT2D eigenvalue weighted by Gasteiger charge is -2.09. The number of nitrogens with zero attached hydrogens (tertiary/aromatic N) is 1. The smallest absolute Gasteiger partial charge is 0.338 e. The molecule has 0 atom stereocenters. The van der Waals surface area contributed by atoms with Crippen LogP contribution in [-0.4, -0.2) is 24.2 Å². The summed E-state index contributed by atoms with van der Waals surface area (Å²) in [7, 11) is 0. The second-order valence-corrected chi connectivity index (χ2v) is 4.86. The number of rotatable bonds is 4. The van der Waals surface area contributed by atoms with Crippen LogP contribution >= 0.6 is 0 Å². The van der Waals surface area contributed by atoms with E-state index in [-0.39, 0.29) is 12.2 Å². The predicted octanol–water partition coefficient (Wildman–Crippen LogP) is 3.38. The molecule has 0 radical (unpaired) electrons. The molecule has 0 amide bonds. The van der Waals surface area contributed by atoms with E-state index in [1.165, 1.54) is 12.1 Å². The summed E-state index contributed by atoms with van der Waals surface area (Å²) < 4.78 is 30.3. The molecule has 20 heavy (non-hydrogen) atoms. The average molecular weight is 277 g/mol. The summed E-state index contributed by atoms with van der Waals surface area (Å²) in [6, 6.07) is 5.75. The van der Waals surface area contributed by atoms with E-state index in [0.29, 0.717) is 16.8 Å². The Morgan fingerprint density at radius 1 is 1.35 bits per heavy atom. The van der Waals surface area contributed by atoms with E-state index in [1.807, 2.05) is 0 Å². The number of pyridine rings is 1. The van der Waals surface area contributed by atoms with Crippen LogP contribution in [0.3, 0.4) is 0 Å². The van der Waals surface area contributed by atoms with Crippen molar-refractivity contribution >= 4 is 16.9 Å². The SMILES string of the molecule is O=C(OCCF)c1cc(C2CC2)nc2ccc(F)cc12. The molecule has 0 aliphatic heterocycles. The van der Waals surface area contributed by atoms with Crippen LogP contribution in [0, 0.1) is 5.82 Å². The average Bonchev–Trinajstić information content (AvgIpc) is 3.28. The number of alkyl halides is 1. The number of fused-ring (bicyclic) bond motifs is 1. The molecule has 1 aromatic heterocycles. The largest absolute Gasteiger partial charge is 0.459 e. The number of hydrogen-bond acceptors (Lipinski definition) is 3. The van der Waals surface area contributed by atoms with Crippen molar-refractivity contribution in [1.82, 2.24) is 4.98 Å². The van der Waals surface area contributed by atoms with Gasteiger partial charge in [-0.15, -0.1) is 0 Å². The van der Waals surface area contributed by atoms with E-state index >= 15 is 0 Å². The van der Waals surface area contributed by atoms with Crippen molar-refractivity contribution in [2.24, 2.45) is 0 Å². The monoisotopic (exact) mass is 277 g/mol. The summed E-state index contributed by atoms with van der Waals surface area (Å²) in [6.07, 6.45) is 2.08. The van der Waals surface area contributed by atoms with Crippen molar-refractivity contribution in [2.45, 2.75) is 18.8 Å². The van der Waals surface area contributed by atoms with Crippen molar-refractivity contribution in [3.8, 4) is 0 Å². The van der Waals surface area contributed by atoms with E-state index in [9.17, 15) is 13.6 Å². The topological polar surface area (TPSA) is 39.2 Å². The lowest BCUT2D eigenvalue weighted by molar-refractivity contribution is 0.0483. The van der Waals surface area contributed by atoms with Gasteiger partial charge in [0.15, 0.2) is 0 Å². The highest BCUT2D eigenvalue weighted by Crippen LogP contribution is 2.40. The van der Waals surface area contributed by atoms with Gasteiger partial charge in [0.2, 0.25) is 0 Å². The standard InChI is InChI=1S/C15H13F2NO2/c16-5-6-20-15(19)12-8-14(9-1-2-9)18-13-4-3-10(17)7-11(12)13/h3-4,7-9H,1-2,5-6H2. The molecule has 5 heteroatoms. The minimum Gasteiger partial charge on any atom is -0.459 e. The van der Waals surface area contributed by atoms with E-state index < -0.39 is 18.5 Å². The number of halogens is 2. The van der Waals surface area contributed by atoms with Gasteiger partial charge in [-0.1, -0.05) is 0 Å². The van der Waals surface area contributed by atoms with Crippen molar-refractivity contribution in [2.75, 3.05) is 13.3 Å². The minimum atomic E-state index is -0.738. The van der Waals surface area contributed by atoms with Crippen LogP contribution in [0.25, 0.3) is 10.9 Å². The maximum Gasteiger partial charge on any atom is 0.338 e. The molecule has 1 aromatic carbocycles. The normalized spacial score (nSPS) is 14.5. The van der Waals surface area contributed by atoms with Crippen LogP contribution in [0.5, 0.6) is 0 Å². The Morgan fingerprint density at radius 3 is 2.85 bits per heavy atom. The number of ether oxygens (including phenoxy) is 1. The molecule has 3 rings (SSSR count). The van der Waals surface area contributed by atoms with Crippen LogP contribution in [0.2, 0.25) is 0 Å². The van der Waals surface area contributed by atoms with Gasteiger partial charge in [-0.05, 0) is 37.1 Å². The third-order valence-corrected chi connectivity index (χ3v) is 3.32. The Morgan fingerprint density at radius 2 is 2.15 bits per heavy atom. The Labute approximate surface area is 114 Å². The number of carbonyl (C=O) groups is 1. The summed E-state index contributed by atoms with van der Waals surface area (Å²) in [6.45, 7) is -1.03. The molecule has 104 valence electrons. The molecule has 0 N–H and O–H groups in total. The third kappa shape index (κ3) is 2.48. The second-order valence-electron chi connectivity index (χ2n) is 4.86. The minimum absolute atomic E-state index is 0.254. The highest BCUT2D eigenvalue weighted by atomic mass is 19.1. The van der Waals surface area contributed by atoms with Crippen LogP contribution in [-0.2, 0) is 4.74 Å². The zero-order chi connectivity index (χ0) is 14.1. The van der Waals surface area contributed by atoms with E-state index in [4.69, 9.17) is 4.74 Å². The number of hydrogen-bond donors (Lipinski definition) is 0. The summed E-state index contributed by atoms with van der Waals surface area (Å²) in [5, 5.41) is 0.401. The molecule has 1 aliphatic rings. The Bertz CT molecular complexity index is 668. The first-order valence-corrected chi connectivity index (χ1v) is 6.52. The first-order chi connectivity index (χ1) is 9.69. The first kappa shape index (κ1) is 13.0. The summed E-state index contributed by atoms with van der Waals surface area (Å²) in [5.41, 5.74) is 1.63. The van der Waals surface area contributed by atoms with Crippen LogP contribution in [0.1, 0.15) is 34.8 Å². The van der Waals surface area contributed by atoms with Crippen LogP contribution < -0.4 is 0 Å². The van der Waals surface area contributed by atoms with Crippen LogP contribution in [0.4, 0.5) is 8.78 Å². The number of esters is 1. The molecule has 1 aliphatic carbocycles. The molecule has 3 nitrogen and oxygen atoms in total. The second kappa shape index (κ2) is 5.15. The van der Waals surface area contributed by atoms with E-state index in [0.717, 1.165) is 18.5 Å². The van der Waals surface area contributed by atoms with Gasteiger partial charge in [-0.3, -0.25) is 4.98 Å². The maximum atomic E-state index is 13.4. The highest BCUT2D eigenvalue weighted by molar-refractivity contribution is 6.03. The molecule has 2 aromatic rings. The van der Waals surface area contributed by atoms with Crippen molar-refractivity contribution < 1.29 is 18.3 Å². The van der Waals surface area contributed by atoms with Gasteiger partial charge in [0, 0.05) is 17.0 Å². The molecule has 0 saturated heterocycles. The molecule has 0 bridgehead atoms. The Balaban J connectivity index is 2.10. The van der Waals surface area contributed by atoms with Gasteiger partial charge in [0.1, 0.15) is 19.1 Å². The predicted molar refractivity (Wildman–Crippen MR) is 69.9 cm³/mol. The fraction of sp³-hybridized carbons (Fsp3) is 0.333. The summed E-state index contributed by atoms with van der Waals surface area (Å²) >= 11 is 0. The number of aromatic nitrogens is 1. The fourth-order valence-corrected chi connectivity index (χ4v) is 2.18. The Hall–Kier alpha value is -2.04. The van der Waals surface area contributed by atoms with Gasteiger partial charge in [0.05, 0.1) is 11.1 Å². The van der Waals surface area contributed by atoms with Gasteiger partial charge >= 0.3 is 5.97 Å². The molecule has 1 saturated carbocycles. The third-order valence-electron chi connectivity index (χ3n) is 3.32. The molecule has 0 spiro atoms. The highest BCUT2D eigenvalue weighted by Gasteiger charge is 2.27. The van der Waals surface area contributed by atoms with Gasteiger partial charge in [-0.25, -0.2) is 13.6 Å². The molecule has 0 unspecified atom stereocenters. The lowest BCUT2D eigenvalue weighted by Crippen LogP contribution is -2.09. The van der Waals surface area contributed by atoms with E-state index in [2.05, 4.69) is 4.98 Å². The van der Waals surface area contributed by atoms with E-state index in [1.54, 1.807) is 12.1 Å². The van der Waals surface area contributed by atoms with Gasteiger partial charge in [-0.2, -0.15) is 0 Å². The van der Waals surface area contributed by atoms with Crippen LogP contribution in [0.15, 0.2) is 24.3 Å². The lowest BCUT2D eigenvalue weighted by atomic mass is 10.1. The van der Waals surface area contributed by atoms with Gasteiger partial charge in [0.25, 0.3) is 0 Å². The van der Waals surface area contributed by atoms with Crippen molar-refractivity contribution in [1.29, 1.82) is 0 Å². The first-order valence-electron chi connectivity index (χ1n) is 6.52. The molecular weight excluding hydrogens is 264 g/mol. The summed E-state index contributed by atoms with van der Waals surface area (Å²) in [4.78, 5) is 16.4. The quantitative estimate of drug-likeness (QED) is 0.804. The molecule has 1 fully saturated rings. The zero-order valence-corrected chi connectivity index (χ0v) is 10.7. The van der Waals surface area contributed by atoms with Crippen molar-refractivity contribution in [3.05, 3.63) is 41.3 Å². The maximum absolute atomic E-state index is 13.4. The van der Waals surface area contributed by atoms with Gasteiger partial charge < -0.3 is 4.74 Å².